The van der Waals surface area contributed by atoms with Gasteiger partial charge in [-0.15, -0.1) is 0 Å². The summed E-state index contributed by atoms with van der Waals surface area (Å²) in [5.41, 5.74) is 3.48. The highest BCUT2D eigenvalue weighted by Crippen LogP contribution is 2.21. The molecule has 4 rings (SSSR count). The number of nitriles is 1. The molecule has 2 heterocycles. The summed E-state index contributed by atoms with van der Waals surface area (Å²) in [6.07, 6.45) is 1.72. The summed E-state index contributed by atoms with van der Waals surface area (Å²) < 4.78 is 31.7. The molecule has 1 aliphatic rings. The number of aromatic nitrogens is 3. The van der Waals surface area contributed by atoms with Gasteiger partial charge >= 0.3 is 0 Å². The molecule has 1 aromatic heterocycles. The fraction of sp³-hybridized carbons (Fsp3) is 0.318. The molecule has 1 aliphatic heterocycles. The van der Waals surface area contributed by atoms with Crippen LogP contribution in [0, 0.1) is 29.9 Å². The quantitative estimate of drug-likeness (QED) is 0.535. The summed E-state index contributed by atoms with van der Waals surface area (Å²) in [5.74, 6) is 0. The Morgan fingerprint density at radius 2 is 1.81 bits per heavy atom. The second-order valence-corrected chi connectivity index (χ2v) is 10.1. The second kappa shape index (κ2) is 8.96. The zero-order chi connectivity index (χ0) is 22.9. The molecule has 8 nitrogen and oxygen atoms in total. The van der Waals surface area contributed by atoms with E-state index in [1.807, 2.05) is 29.7 Å². The maximum absolute atomic E-state index is 13.0. The minimum atomic E-state index is -3.71. The van der Waals surface area contributed by atoms with Crippen molar-refractivity contribution in [3.05, 3.63) is 70.3 Å². The van der Waals surface area contributed by atoms with Gasteiger partial charge in [0.25, 0.3) is 0 Å². The molecule has 0 bridgehead atoms. The molecule has 0 saturated carbocycles. The first kappa shape index (κ1) is 22.4. The van der Waals surface area contributed by atoms with Gasteiger partial charge in [0, 0.05) is 26.2 Å². The van der Waals surface area contributed by atoms with Gasteiger partial charge in [0.1, 0.15) is 12.4 Å². The van der Waals surface area contributed by atoms with Crippen LogP contribution in [0.15, 0.2) is 53.7 Å². The first-order valence-corrected chi connectivity index (χ1v) is 12.1. The van der Waals surface area contributed by atoms with Gasteiger partial charge in [0.15, 0.2) is 0 Å². The van der Waals surface area contributed by atoms with E-state index < -0.39 is 10.0 Å². The van der Waals surface area contributed by atoms with Crippen LogP contribution in [0.3, 0.4) is 0 Å². The van der Waals surface area contributed by atoms with Crippen molar-refractivity contribution >= 4 is 22.2 Å². The van der Waals surface area contributed by atoms with Crippen molar-refractivity contribution in [3.8, 4) is 11.8 Å². The standard InChI is InChI=1S/C22H24N6O2S2/c1-17-7-8-20(18(2)13-17)27-15-24-28(22(27)31)16-25-9-11-26(12-10-25)32(29,30)21-6-4-3-5-19(21)14-23/h3-8,13,15H,9-12,16H2,1-2H3. The van der Waals surface area contributed by atoms with E-state index in [0.717, 1.165) is 11.3 Å². The summed E-state index contributed by atoms with van der Waals surface area (Å²) in [6.45, 7) is 6.36. The van der Waals surface area contributed by atoms with E-state index in [4.69, 9.17) is 12.2 Å². The maximum Gasteiger partial charge on any atom is 0.244 e. The molecule has 10 heteroatoms. The molecule has 1 saturated heterocycles. The van der Waals surface area contributed by atoms with Crippen LogP contribution in [0.1, 0.15) is 16.7 Å². The van der Waals surface area contributed by atoms with E-state index in [2.05, 4.69) is 23.0 Å². The van der Waals surface area contributed by atoms with Crippen LogP contribution in [0.5, 0.6) is 0 Å². The molecule has 1 fully saturated rings. The van der Waals surface area contributed by atoms with E-state index in [0.29, 0.717) is 37.6 Å². The highest BCUT2D eigenvalue weighted by atomic mass is 32.2. The highest BCUT2D eigenvalue weighted by molar-refractivity contribution is 7.89. The number of rotatable bonds is 5. The SMILES string of the molecule is Cc1ccc(-n2cnn(CN3CCN(S(=O)(=O)c4ccccc4C#N)CC3)c2=S)c(C)c1. The lowest BCUT2D eigenvalue weighted by Crippen LogP contribution is -2.49. The number of nitrogens with zero attached hydrogens (tertiary/aromatic N) is 6. The molecule has 0 radical (unpaired) electrons. The average Bonchev–Trinajstić information content (AvgIpc) is 3.14. The molecule has 0 spiro atoms. The smallest absolute Gasteiger partial charge is 0.244 e. The van der Waals surface area contributed by atoms with Crippen LogP contribution in [0.2, 0.25) is 0 Å². The third kappa shape index (κ3) is 4.25. The minimum Gasteiger partial charge on any atom is -0.282 e. The molecule has 3 aromatic rings. The monoisotopic (exact) mass is 468 g/mol. The fourth-order valence-electron chi connectivity index (χ4n) is 3.90. The summed E-state index contributed by atoms with van der Waals surface area (Å²) in [7, 11) is -3.71. The van der Waals surface area contributed by atoms with E-state index in [1.165, 1.54) is 22.0 Å². The first-order chi connectivity index (χ1) is 15.3. The van der Waals surface area contributed by atoms with Crippen molar-refractivity contribution < 1.29 is 8.42 Å². The lowest BCUT2D eigenvalue weighted by molar-refractivity contribution is 0.144. The van der Waals surface area contributed by atoms with Gasteiger partial charge in [-0.2, -0.15) is 14.7 Å². The predicted octanol–water partition coefficient (Wildman–Crippen LogP) is 2.86. The summed E-state index contributed by atoms with van der Waals surface area (Å²) in [6, 6.07) is 14.5. The Bertz CT molecular complexity index is 1350. The number of hydrogen-bond acceptors (Lipinski definition) is 6. The zero-order valence-electron chi connectivity index (χ0n) is 18.0. The minimum absolute atomic E-state index is 0.0605. The molecule has 166 valence electrons. The predicted molar refractivity (Wildman–Crippen MR) is 123 cm³/mol. The van der Waals surface area contributed by atoms with Crippen molar-refractivity contribution in [1.82, 2.24) is 23.6 Å². The Morgan fingerprint density at radius 3 is 2.50 bits per heavy atom. The molecule has 0 atom stereocenters. The number of aryl methyl sites for hydroxylation is 2. The normalized spacial score (nSPS) is 15.5. The van der Waals surface area contributed by atoms with Gasteiger partial charge in [-0.25, -0.2) is 13.1 Å². The number of piperazine rings is 1. The van der Waals surface area contributed by atoms with E-state index in [1.54, 1.807) is 23.1 Å². The third-order valence-corrected chi connectivity index (χ3v) is 8.00. The van der Waals surface area contributed by atoms with Crippen molar-refractivity contribution in [2.75, 3.05) is 26.2 Å². The fourth-order valence-corrected chi connectivity index (χ4v) is 5.71. The van der Waals surface area contributed by atoms with Crippen molar-refractivity contribution in [2.45, 2.75) is 25.4 Å². The van der Waals surface area contributed by atoms with Crippen LogP contribution < -0.4 is 0 Å². The topological polar surface area (TPSA) is 87.2 Å². The lowest BCUT2D eigenvalue weighted by Gasteiger charge is -2.33. The second-order valence-electron chi connectivity index (χ2n) is 7.84. The molecule has 0 unspecified atom stereocenters. The Labute approximate surface area is 193 Å². The van der Waals surface area contributed by atoms with Crippen molar-refractivity contribution in [3.63, 3.8) is 0 Å². The Hall–Kier alpha value is -2.84. The summed E-state index contributed by atoms with van der Waals surface area (Å²) in [4.78, 5) is 2.18. The molecular weight excluding hydrogens is 444 g/mol. The Morgan fingerprint density at radius 1 is 1.09 bits per heavy atom. The van der Waals surface area contributed by atoms with Gasteiger partial charge in [-0.05, 0) is 49.8 Å². The molecule has 0 aliphatic carbocycles. The van der Waals surface area contributed by atoms with Crippen molar-refractivity contribution in [1.29, 1.82) is 5.26 Å². The van der Waals surface area contributed by atoms with Gasteiger partial charge in [-0.1, -0.05) is 29.8 Å². The molecule has 0 amide bonds. The van der Waals surface area contributed by atoms with Gasteiger partial charge in [0.2, 0.25) is 14.8 Å². The van der Waals surface area contributed by atoms with E-state index >= 15 is 0 Å². The van der Waals surface area contributed by atoms with Crippen LogP contribution in [0.4, 0.5) is 0 Å². The van der Waals surface area contributed by atoms with Gasteiger partial charge in [0.05, 0.1) is 22.8 Å². The van der Waals surface area contributed by atoms with Crippen LogP contribution in [-0.4, -0.2) is 58.1 Å². The Balaban J connectivity index is 1.46. The largest absolute Gasteiger partial charge is 0.282 e. The molecule has 32 heavy (non-hydrogen) atoms. The molecule has 0 N–H and O–H groups in total. The number of hydrogen-bond donors (Lipinski definition) is 0. The van der Waals surface area contributed by atoms with Crippen molar-refractivity contribution in [2.24, 2.45) is 0 Å². The lowest BCUT2D eigenvalue weighted by atomic mass is 10.1. The van der Waals surface area contributed by atoms with E-state index in [-0.39, 0.29) is 10.5 Å². The summed E-state index contributed by atoms with van der Waals surface area (Å²) in [5, 5.41) is 13.7. The third-order valence-electron chi connectivity index (χ3n) is 5.64. The molecule has 2 aromatic carbocycles. The van der Waals surface area contributed by atoms with E-state index in [9.17, 15) is 13.7 Å². The first-order valence-electron chi connectivity index (χ1n) is 10.2. The highest BCUT2D eigenvalue weighted by Gasteiger charge is 2.30. The van der Waals surface area contributed by atoms with Gasteiger partial charge in [-0.3, -0.25) is 9.47 Å². The zero-order valence-corrected chi connectivity index (χ0v) is 19.6. The Kier molecular flexibility index (Phi) is 6.26. The van der Waals surface area contributed by atoms with Gasteiger partial charge < -0.3 is 0 Å². The van der Waals surface area contributed by atoms with Crippen LogP contribution >= 0.6 is 12.2 Å². The maximum atomic E-state index is 13.0. The number of sulfonamides is 1. The van der Waals surface area contributed by atoms with Crippen LogP contribution in [0.25, 0.3) is 5.69 Å². The number of benzene rings is 2. The average molecular weight is 469 g/mol. The summed E-state index contributed by atoms with van der Waals surface area (Å²) >= 11 is 5.64. The molecular formula is C22H24N6O2S2. The van der Waals surface area contributed by atoms with Crippen LogP contribution in [-0.2, 0) is 16.7 Å².